The summed E-state index contributed by atoms with van der Waals surface area (Å²) in [7, 11) is 0. The summed E-state index contributed by atoms with van der Waals surface area (Å²) in [6, 6.07) is 3.87. The Bertz CT molecular complexity index is 644. The van der Waals surface area contributed by atoms with Gasteiger partial charge in [-0.05, 0) is 36.2 Å². The van der Waals surface area contributed by atoms with Gasteiger partial charge in [-0.1, -0.05) is 0 Å². The first-order chi connectivity index (χ1) is 11.1. The summed E-state index contributed by atoms with van der Waals surface area (Å²) in [6.45, 7) is 5.30. The maximum absolute atomic E-state index is 12.3. The van der Waals surface area contributed by atoms with Gasteiger partial charge in [-0.2, -0.15) is 16.3 Å². The third-order valence-corrected chi connectivity index (χ3v) is 4.69. The van der Waals surface area contributed by atoms with Gasteiger partial charge in [0.25, 0.3) is 0 Å². The van der Waals surface area contributed by atoms with E-state index in [1.807, 2.05) is 41.6 Å². The first kappa shape index (κ1) is 15.9. The predicted molar refractivity (Wildman–Crippen MR) is 89.8 cm³/mol. The van der Waals surface area contributed by atoms with E-state index in [1.54, 1.807) is 11.3 Å². The van der Waals surface area contributed by atoms with Crippen molar-refractivity contribution in [2.45, 2.75) is 39.2 Å². The molecule has 0 spiro atoms. The molecule has 1 fully saturated rings. The highest BCUT2D eigenvalue weighted by molar-refractivity contribution is 7.07. The van der Waals surface area contributed by atoms with Crippen molar-refractivity contribution in [2.24, 2.45) is 0 Å². The highest BCUT2D eigenvalue weighted by Gasteiger charge is 2.24. The molecular formula is C17H21N3O2S. The van der Waals surface area contributed by atoms with Crippen LogP contribution in [0.1, 0.15) is 29.9 Å². The number of piperidine rings is 1. The lowest BCUT2D eigenvalue weighted by atomic mass is 10.1. The van der Waals surface area contributed by atoms with Gasteiger partial charge in [0.05, 0.1) is 6.42 Å². The van der Waals surface area contributed by atoms with E-state index < -0.39 is 0 Å². The lowest BCUT2D eigenvalue weighted by Crippen LogP contribution is -2.42. The largest absolute Gasteiger partial charge is 0.474 e. The number of thiophene rings is 1. The summed E-state index contributed by atoms with van der Waals surface area (Å²) in [4.78, 5) is 22.8. The SMILES string of the molecule is Cc1cc(OC2CCN(C(=O)Cc3ccsc3)CC2)nc(C)n1. The number of aromatic nitrogens is 2. The number of amides is 1. The normalized spacial score (nSPS) is 15.7. The van der Waals surface area contributed by atoms with Gasteiger partial charge in [-0.15, -0.1) is 0 Å². The molecule has 5 nitrogen and oxygen atoms in total. The molecule has 0 unspecified atom stereocenters. The van der Waals surface area contributed by atoms with Crippen LogP contribution in [-0.4, -0.2) is 40.0 Å². The average Bonchev–Trinajstić information content (AvgIpc) is 3.00. The highest BCUT2D eigenvalue weighted by atomic mass is 32.1. The van der Waals surface area contributed by atoms with Crippen LogP contribution >= 0.6 is 11.3 Å². The van der Waals surface area contributed by atoms with Crippen LogP contribution in [0, 0.1) is 13.8 Å². The van der Waals surface area contributed by atoms with Gasteiger partial charge in [0, 0.05) is 37.7 Å². The number of aryl methyl sites for hydroxylation is 2. The molecule has 1 aliphatic rings. The monoisotopic (exact) mass is 331 g/mol. The third-order valence-electron chi connectivity index (χ3n) is 3.96. The first-order valence-corrected chi connectivity index (χ1v) is 8.82. The molecule has 2 aromatic heterocycles. The van der Waals surface area contributed by atoms with Crippen LogP contribution in [-0.2, 0) is 11.2 Å². The quantitative estimate of drug-likeness (QED) is 0.864. The lowest BCUT2D eigenvalue weighted by Gasteiger charge is -2.32. The predicted octanol–water partition coefficient (Wildman–Crippen LogP) is 2.77. The summed E-state index contributed by atoms with van der Waals surface area (Å²) < 4.78 is 5.96. The molecule has 1 saturated heterocycles. The van der Waals surface area contributed by atoms with Crippen LogP contribution in [0.2, 0.25) is 0 Å². The van der Waals surface area contributed by atoms with E-state index in [0.29, 0.717) is 12.3 Å². The number of nitrogens with zero attached hydrogens (tertiary/aromatic N) is 3. The van der Waals surface area contributed by atoms with Crippen molar-refractivity contribution in [3.8, 4) is 5.88 Å². The molecular weight excluding hydrogens is 310 g/mol. The van der Waals surface area contributed by atoms with Crippen molar-refractivity contribution >= 4 is 17.2 Å². The van der Waals surface area contributed by atoms with Gasteiger partial charge in [0.2, 0.25) is 11.8 Å². The summed E-state index contributed by atoms with van der Waals surface area (Å²) in [5.41, 5.74) is 2.01. The number of carbonyl (C=O) groups excluding carboxylic acids is 1. The van der Waals surface area contributed by atoms with Gasteiger partial charge >= 0.3 is 0 Å². The van der Waals surface area contributed by atoms with Crippen molar-refractivity contribution in [1.82, 2.24) is 14.9 Å². The van der Waals surface area contributed by atoms with Crippen molar-refractivity contribution in [3.63, 3.8) is 0 Å². The number of hydrogen-bond donors (Lipinski definition) is 0. The Balaban J connectivity index is 1.51. The van der Waals surface area contributed by atoms with Crippen LogP contribution in [0.15, 0.2) is 22.9 Å². The third kappa shape index (κ3) is 4.28. The fraction of sp³-hybridized carbons (Fsp3) is 0.471. The zero-order valence-corrected chi connectivity index (χ0v) is 14.3. The molecule has 6 heteroatoms. The van der Waals surface area contributed by atoms with Gasteiger partial charge in [-0.3, -0.25) is 4.79 Å². The van der Waals surface area contributed by atoms with Gasteiger partial charge < -0.3 is 9.64 Å². The van der Waals surface area contributed by atoms with Crippen molar-refractivity contribution in [1.29, 1.82) is 0 Å². The fourth-order valence-corrected chi connectivity index (χ4v) is 3.49. The summed E-state index contributed by atoms with van der Waals surface area (Å²) in [6.07, 6.45) is 2.31. The molecule has 3 rings (SSSR count). The van der Waals surface area contributed by atoms with E-state index in [1.165, 1.54) is 0 Å². The van der Waals surface area contributed by atoms with Crippen molar-refractivity contribution in [3.05, 3.63) is 40.0 Å². The number of hydrogen-bond acceptors (Lipinski definition) is 5. The Labute approximate surface area is 140 Å². The van der Waals surface area contributed by atoms with Crippen LogP contribution in [0.5, 0.6) is 5.88 Å². The van der Waals surface area contributed by atoms with Crippen LogP contribution in [0.4, 0.5) is 0 Å². The molecule has 0 saturated carbocycles. The molecule has 0 N–H and O–H groups in total. The highest BCUT2D eigenvalue weighted by Crippen LogP contribution is 2.19. The minimum Gasteiger partial charge on any atom is -0.474 e. The second-order valence-electron chi connectivity index (χ2n) is 5.90. The second kappa shape index (κ2) is 7.08. The number of likely N-dealkylation sites (tertiary alicyclic amines) is 1. The van der Waals surface area contributed by atoms with Crippen LogP contribution < -0.4 is 4.74 Å². The summed E-state index contributed by atoms with van der Waals surface area (Å²) >= 11 is 1.63. The Morgan fingerprint density at radius 3 is 2.78 bits per heavy atom. The van der Waals surface area contributed by atoms with E-state index in [2.05, 4.69) is 9.97 Å². The summed E-state index contributed by atoms with van der Waals surface area (Å²) in [5, 5.41) is 4.04. The molecule has 1 amide bonds. The summed E-state index contributed by atoms with van der Waals surface area (Å²) in [5.74, 6) is 1.57. The topological polar surface area (TPSA) is 55.3 Å². The van der Waals surface area contributed by atoms with Crippen LogP contribution in [0.25, 0.3) is 0 Å². The molecule has 0 radical (unpaired) electrons. The molecule has 0 aromatic carbocycles. The zero-order chi connectivity index (χ0) is 16.2. The maximum Gasteiger partial charge on any atom is 0.227 e. The van der Waals surface area contributed by atoms with Crippen molar-refractivity contribution < 1.29 is 9.53 Å². The standard InChI is InChI=1S/C17H21N3O2S/c1-12-9-16(19-13(2)18-12)22-15-3-6-20(7-4-15)17(21)10-14-5-8-23-11-14/h5,8-9,11,15H,3-4,6-7,10H2,1-2H3. The fourth-order valence-electron chi connectivity index (χ4n) is 2.82. The van der Waals surface area contributed by atoms with Gasteiger partial charge in [0.15, 0.2) is 0 Å². The van der Waals surface area contributed by atoms with E-state index >= 15 is 0 Å². The molecule has 2 aromatic rings. The first-order valence-electron chi connectivity index (χ1n) is 7.88. The Hall–Kier alpha value is -1.95. The Morgan fingerprint density at radius 1 is 1.35 bits per heavy atom. The molecule has 1 aliphatic heterocycles. The maximum atomic E-state index is 12.3. The van der Waals surface area contributed by atoms with E-state index in [9.17, 15) is 4.79 Å². The van der Waals surface area contributed by atoms with E-state index in [-0.39, 0.29) is 12.0 Å². The molecule has 0 bridgehead atoms. The van der Waals surface area contributed by atoms with E-state index in [0.717, 1.165) is 43.0 Å². The van der Waals surface area contributed by atoms with Gasteiger partial charge in [-0.25, -0.2) is 4.98 Å². The zero-order valence-electron chi connectivity index (χ0n) is 13.5. The molecule has 0 aliphatic carbocycles. The smallest absolute Gasteiger partial charge is 0.227 e. The molecule has 122 valence electrons. The number of rotatable bonds is 4. The van der Waals surface area contributed by atoms with E-state index in [4.69, 9.17) is 4.74 Å². The second-order valence-corrected chi connectivity index (χ2v) is 6.68. The van der Waals surface area contributed by atoms with Crippen LogP contribution in [0.3, 0.4) is 0 Å². The Kier molecular flexibility index (Phi) is 4.91. The molecule has 0 atom stereocenters. The average molecular weight is 331 g/mol. The minimum absolute atomic E-state index is 0.119. The van der Waals surface area contributed by atoms with Crippen molar-refractivity contribution in [2.75, 3.05) is 13.1 Å². The number of ether oxygens (including phenoxy) is 1. The number of carbonyl (C=O) groups is 1. The minimum atomic E-state index is 0.119. The molecule has 23 heavy (non-hydrogen) atoms. The molecule has 3 heterocycles. The lowest BCUT2D eigenvalue weighted by molar-refractivity contribution is -0.132. The Morgan fingerprint density at radius 2 is 2.13 bits per heavy atom. The van der Waals surface area contributed by atoms with Gasteiger partial charge in [0.1, 0.15) is 11.9 Å².